The van der Waals surface area contributed by atoms with Crippen molar-refractivity contribution >= 4 is 23.9 Å². The van der Waals surface area contributed by atoms with E-state index in [-0.39, 0.29) is 12.5 Å². The molecule has 1 aromatic rings. The van der Waals surface area contributed by atoms with Gasteiger partial charge in [-0.05, 0) is 25.1 Å². The van der Waals surface area contributed by atoms with Gasteiger partial charge in [-0.15, -0.1) is 0 Å². The Labute approximate surface area is 116 Å². The molecule has 0 bridgehead atoms. The number of carbonyl (C=O) groups is 3. The largest absolute Gasteiger partial charge is 0.465 e. The monoisotopic (exact) mass is 280 g/mol. The summed E-state index contributed by atoms with van der Waals surface area (Å²) < 4.78 is 9.66. The van der Waals surface area contributed by atoms with E-state index in [0.29, 0.717) is 12.3 Å². The normalized spacial score (nSPS) is 10.2. The van der Waals surface area contributed by atoms with Gasteiger partial charge >= 0.3 is 5.97 Å². The maximum Gasteiger partial charge on any atom is 0.331 e. The molecule has 0 aliphatic rings. The summed E-state index contributed by atoms with van der Waals surface area (Å²) in [6, 6.07) is 3.35. The van der Waals surface area contributed by atoms with Crippen LogP contribution in [-0.4, -0.2) is 37.5 Å². The summed E-state index contributed by atoms with van der Waals surface area (Å²) in [5, 5.41) is 4.84. The average Bonchev–Trinajstić information content (AvgIpc) is 2.94. The van der Waals surface area contributed by atoms with Crippen molar-refractivity contribution in [2.45, 2.75) is 6.92 Å². The molecular formula is C13H16N2O5. The lowest BCUT2D eigenvalue weighted by atomic mass is 10.4. The first kappa shape index (κ1) is 15.5. The highest BCUT2D eigenvalue weighted by Crippen LogP contribution is 2.02. The SMILES string of the molecule is CCNC(=O)CNC(=O)COC(=O)/C=C/c1ccco1. The number of hydrogen-bond acceptors (Lipinski definition) is 5. The third kappa shape index (κ3) is 6.39. The van der Waals surface area contributed by atoms with Gasteiger partial charge in [-0.1, -0.05) is 0 Å². The van der Waals surface area contributed by atoms with E-state index >= 15 is 0 Å². The number of hydrogen-bond donors (Lipinski definition) is 2. The van der Waals surface area contributed by atoms with Crippen LogP contribution in [0.4, 0.5) is 0 Å². The Morgan fingerprint density at radius 2 is 2.10 bits per heavy atom. The molecule has 20 heavy (non-hydrogen) atoms. The zero-order valence-electron chi connectivity index (χ0n) is 11.0. The van der Waals surface area contributed by atoms with Crippen LogP contribution in [-0.2, 0) is 19.1 Å². The lowest BCUT2D eigenvalue weighted by molar-refractivity contribution is -0.143. The van der Waals surface area contributed by atoms with Crippen molar-refractivity contribution in [3.8, 4) is 0 Å². The summed E-state index contributed by atoms with van der Waals surface area (Å²) in [6.45, 7) is 1.67. The van der Waals surface area contributed by atoms with Crippen LogP contribution in [0.1, 0.15) is 12.7 Å². The smallest absolute Gasteiger partial charge is 0.331 e. The van der Waals surface area contributed by atoms with Gasteiger partial charge < -0.3 is 19.8 Å². The van der Waals surface area contributed by atoms with Crippen molar-refractivity contribution in [3.05, 3.63) is 30.2 Å². The van der Waals surface area contributed by atoms with Crippen molar-refractivity contribution in [2.24, 2.45) is 0 Å². The topological polar surface area (TPSA) is 97.6 Å². The number of ether oxygens (including phenoxy) is 1. The Hall–Kier alpha value is -2.57. The van der Waals surface area contributed by atoms with Gasteiger partial charge in [0.15, 0.2) is 6.61 Å². The van der Waals surface area contributed by atoms with Gasteiger partial charge in [-0.2, -0.15) is 0 Å². The van der Waals surface area contributed by atoms with Gasteiger partial charge in [0, 0.05) is 12.6 Å². The lowest BCUT2D eigenvalue weighted by Gasteiger charge is -2.05. The Balaban J connectivity index is 2.20. The molecule has 0 atom stereocenters. The summed E-state index contributed by atoms with van der Waals surface area (Å²) in [4.78, 5) is 33.6. The first-order valence-electron chi connectivity index (χ1n) is 6.03. The second-order valence-corrected chi connectivity index (χ2v) is 3.69. The van der Waals surface area contributed by atoms with E-state index < -0.39 is 18.5 Å². The zero-order valence-corrected chi connectivity index (χ0v) is 11.0. The summed E-state index contributed by atoms with van der Waals surface area (Å²) in [5.74, 6) is -1.02. The van der Waals surface area contributed by atoms with Gasteiger partial charge in [0.2, 0.25) is 5.91 Å². The zero-order chi connectivity index (χ0) is 14.8. The molecule has 7 nitrogen and oxygen atoms in total. The van der Waals surface area contributed by atoms with E-state index in [9.17, 15) is 14.4 Å². The van der Waals surface area contributed by atoms with E-state index in [1.165, 1.54) is 12.3 Å². The Morgan fingerprint density at radius 3 is 2.75 bits per heavy atom. The maximum atomic E-state index is 11.3. The van der Waals surface area contributed by atoms with Crippen molar-refractivity contribution in [1.29, 1.82) is 0 Å². The number of carbonyl (C=O) groups excluding carboxylic acids is 3. The molecule has 0 aliphatic carbocycles. The highest BCUT2D eigenvalue weighted by molar-refractivity contribution is 5.90. The van der Waals surface area contributed by atoms with Crippen LogP contribution in [0.25, 0.3) is 6.08 Å². The number of furan rings is 1. The van der Waals surface area contributed by atoms with Crippen LogP contribution in [0.5, 0.6) is 0 Å². The van der Waals surface area contributed by atoms with E-state index in [1.807, 2.05) is 0 Å². The van der Waals surface area contributed by atoms with Crippen molar-refractivity contribution in [1.82, 2.24) is 10.6 Å². The predicted octanol–water partition coefficient (Wildman–Crippen LogP) is 0.0883. The molecule has 0 spiro atoms. The Bertz CT molecular complexity index is 479. The van der Waals surface area contributed by atoms with Gasteiger partial charge in [0.1, 0.15) is 5.76 Å². The molecule has 7 heteroatoms. The van der Waals surface area contributed by atoms with Crippen LogP contribution in [0.15, 0.2) is 28.9 Å². The molecule has 0 saturated heterocycles. The van der Waals surface area contributed by atoms with Crippen LogP contribution >= 0.6 is 0 Å². The number of esters is 1. The number of likely N-dealkylation sites (N-methyl/N-ethyl adjacent to an activating group) is 1. The second-order valence-electron chi connectivity index (χ2n) is 3.69. The molecule has 0 saturated carbocycles. The number of nitrogens with one attached hydrogen (secondary N) is 2. The minimum absolute atomic E-state index is 0.146. The molecule has 2 amide bonds. The molecule has 1 heterocycles. The van der Waals surface area contributed by atoms with E-state index in [2.05, 4.69) is 15.4 Å². The minimum Gasteiger partial charge on any atom is -0.465 e. The predicted molar refractivity (Wildman–Crippen MR) is 70.4 cm³/mol. The lowest BCUT2D eigenvalue weighted by Crippen LogP contribution is -2.38. The Morgan fingerprint density at radius 1 is 1.30 bits per heavy atom. The highest BCUT2D eigenvalue weighted by atomic mass is 16.5. The molecule has 0 aromatic carbocycles. The molecule has 1 rings (SSSR count). The van der Waals surface area contributed by atoms with Crippen LogP contribution in [0, 0.1) is 0 Å². The van der Waals surface area contributed by atoms with Crippen molar-refractivity contribution in [2.75, 3.05) is 19.7 Å². The molecule has 2 N–H and O–H groups in total. The highest BCUT2D eigenvalue weighted by Gasteiger charge is 2.07. The van der Waals surface area contributed by atoms with Crippen LogP contribution in [0.3, 0.4) is 0 Å². The van der Waals surface area contributed by atoms with Gasteiger partial charge in [0.25, 0.3) is 5.91 Å². The summed E-state index contributed by atoms with van der Waals surface area (Å²) in [7, 11) is 0. The second kappa shape index (κ2) is 8.52. The molecular weight excluding hydrogens is 264 g/mol. The minimum atomic E-state index is -0.672. The van der Waals surface area contributed by atoms with Gasteiger partial charge in [-0.3, -0.25) is 9.59 Å². The number of amides is 2. The molecule has 0 unspecified atom stereocenters. The van der Waals surface area contributed by atoms with Crippen LogP contribution < -0.4 is 10.6 Å². The van der Waals surface area contributed by atoms with E-state index in [0.717, 1.165) is 6.08 Å². The third-order valence-electron chi connectivity index (χ3n) is 2.09. The molecule has 0 fully saturated rings. The molecule has 0 radical (unpaired) electrons. The number of rotatable bonds is 7. The fraction of sp³-hybridized carbons (Fsp3) is 0.308. The maximum absolute atomic E-state index is 11.3. The van der Waals surface area contributed by atoms with Crippen molar-refractivity contribution < 1.29 is 23.5 Å². The first-order valence-corrected chi connectivity index (χ1v) is 6.03. The van der Waals surface area contributed by atoms with Crippen molar-refractivity contribution in [3.63, 3.8) is 0 Å². The Kier molecular flexibility index (Phi) is 6.60. The first-order chi connectivity index (χ1) is 9.61. The molecule has 0 aliphatic heterocycles. The average molecular weight is 280 g/mol. The quantitative estimate of drug-likeness (QED) is 0.545. The van der Waals surface area contributed by atoms with Crippen LogP contribution in [0.2, 0.25) is 0 Å². The standard InChI is InChI=1S/C13H16N2O5/c1-2-14-11(16)8-15-12(17)9-20-13(18)6-5-10-4-3-7-19-10/h3-7H,2,8-9H2,1H3,(H,14,16)(H,15,17)/b6-5+. The van der Waals surface area contributed by atoms with Gasteiger partial charge in [-0.25, -0.2) is 4.79 Å². The summed E-state index contributed by atoms with van der Waals surface area (Å²) in [6.07, 6.45) is 4.05. The molecule has 108 valence electrons. The van der Waals surface area contributed by atoms with Gasteiger partial charge in [0.05, 0.1) is 12.8 Å². The summed E-state index contributed by atoms with van der Waals surface area (Å²) in [5.41, 5.74) is 0. The van der Waals surface area contributed by atoms with E-state index in [1.54, 1.807) is 19.1 Å². The fourth-order valence-electron chi connectivity index (χ4n) is 1.21. The fourth-order valence-corrected chi connectivity index (χ4v) is 1.21. The van der Waals surface area contributed by atoms with E-state index in [4.69, 9.17) is 4.42 Å². The third-order valence-corrected chi connectivity index (χ3v) is 2.09. The summed E-state index contributed by atoms with van der Waals surface area (Å²) >= 11 is 0. The molecule has 1 aromatic heterocycles.